The molecule has 0 unspecified atom stereocenters. The highest BCUT2D eigenvalue weighted by atomic mass is 16.2. The van der Waals surface area contributed by atoms with Gasteiger partial charge in [0.05, 0.1) is 17.5 Å². The van der Waals surface area contributed by atoms with Crippen molar-refractivity contribution in [3.63, 3.8) is 0 Å². The minimum absolute atomic E-state index is 0.132. The molecule has 100 valence electrons. The summed E-state index contributed by atoms with van der Waals surface area (Å²) in [5.74, 6) is -0.165. The van der Waals surface area contributed by atoms with Crippen molar-refractivity contribution in [1.82, 2.24) is 20.2 Å². The van der Waals surface area contributed by atoms with E-state index in [1.54, 1.807) is 38.3 Å². The van der Waals surface area contributed by atoms with Crippen molar-refractivity contribution in [2.45, 2.75) is 6.42 Å². The molecule has 1 aromatic carbocycles. The Balaban J connectivity index is 2.46. The quantitative estimate of drug-likeness (QED) is 0.793. The lowest BCUT2D eigenvalue weighted by atomic mass is 10.1. The molecule has 2 aromatic rings. The monoisotopic (exact) mass is 260 g/mol. The van der Waals surface area contributed by atoms with Gasteiger partial charge in [-0.3, -0.25) is 15.0 Å². The van der Waals surface area contributed by atoms with Crippen LogP contribution in [-0.2, 0) is 18.3 Å². The number of amides is 1. The predicted octanol–water partition coefficient (Wildman–Crippen LogP) is 0.0688. The molecule has 0 aliphatic carbocycles. The van der Waals surface area contributed by atoms with Crippen molar-refractivity contribution in [3.8, 4) is 0 Å². The minimum atomic E-state index is -0.165. The number of hydrogen-bond acceptors (Lipinski definition) is 4. The van der Waals surface area contributed by atoms with Crippen molar-refractivity contribution in [1.29, 1.82) is 0 Å². The fraction of sp³-hybridized carbons (Fsp3) is 0.308. The van der Waals surface area contributed by atoms with E-state index in [4.69, 9.17) is 0 Å². The molecule has 0 spiro atoms. The third kappa shape index (κ3) is 2.79. The Morgan fingerprint density at radius 1 is 1.32 bits per heavy atom. The summed E-state index contributed by atoms with van der Waals surface area (Å²) in [6, 6.07) is 7.18. The molecular formula is C13H16N4O2. The SMILES string of the molecule is CN(C)NC(=O)Cc1nn(C)c(=O)c2ccccc12. The van der Waals surface area contributed by atoms with Gasteiger partial charge in [0.1, 0.15) is 0 Å². The van der Waals surface area contributed by atoms with Crippen LogP contribution in [0.15, 0.2) is 29.1 Å². The van der Waals surface area contributed by atoms with E-state index in [0.29, 0.717) is 11.1 Å². The molecule has 0 saturated carbocycles. The average molecular weight is 260 g/mol. The number of nitrogens with one attached hydrogen (secondary N) is 1. The Hall–Kier alpha value is -2.21. The van der Waals surface area contributed by atoms with Gasteiger partial charge in [0.2, 0.25) is 5.91 Å². The first-order valence-electron chi connectivity index (χ1n) is 5.91. The summed E-state index contributed by atoms with van der Waals surface area (Å²) < 4.78 is 1.26. The lowest BCUT2D eigenvalue weighted by molar-refractivity contribution is -0.124. The second-order valence-corrected chi connectivity index (χ2v) is 4.53. The largest absolute Gasteiger partial charge is 0.289 e. The van der Waals surface area contributed by atoms with E-state index in [1.165, 1.54) is 4.68 Å². The maximum Gasteiger partial charge on any atom is 0.274 e. The van der Waals surface area contributed by atoms with Gasteiger partial charge in [-0.15, -0.1) is 0 Å². The van der Waals surface area contributed by atoms with Gasteiger partial charge in [-0.1, -0.05) is 18.2 Å². The van der Waals surface area contributed by atoms with Crippen LogP contribution in [0, 0.1) is 0 Å². The molecule has 0 atom stereocenters. The second kappa shape index (κ2) is 5.19. The van der Waals surface area contributed by atoms with Crippen molar-refractivity contribution in [2.75, 3.05) is 14.1 Å². The van der Waals surface area contributed by atoms with E-state index in [0.717, 1.165) is 5.39 Å². The number of nitrogens with zero attached hydrogens (tertiary/aromatic N) is 3. The Morgan fingerprint density at radius 3 is 2.58 bits per heavy atom. The third-order valence-corrected chi connectivity index (χ3v) is 2.71. The van der Waals surface area contributed by atoms with E-state index >= 15 is 0 Å². The molecule has 1 N–H and O–H groups in total. The van der Waals surface area contributed by atoms with Crippen LogP contribution in [0.2, 0.25) is 0 Å². The number of aryl methyl sites for hydroxylation is 1. The zero-order valence-corrected chi connectivity index (χ0v) is 11.2. The molecule has 0 fully saturated rings. The summed E-state index contributed by atoms with van der Waals surface area (Å²) in [6.07, 6.45) is 0.132. The molecule has 1 aromatic heterocycles. The highest BCUT2D eigenvalue weighted by molar-refractivity contribution is 5.88. The fourth-order valence-corrected chi connectivity index (χ4v) is 1.95. The fourth-order valence-electron chi connectivity index (χ4n) is 1.95. The summed E-state index contributed by atoms with van der Waals surface area (Å²) >= 11 is 0. The predicted molar refractivity (Wildman–Crippen MR) is 72.5 cm³/mol. The zero-order valence-electron chi connectivity index (χ0n) is 11.2. The standard InChI is InChI=1S/C13H16N4O2/c1-16(2)15-12(18)8-11-9-6-4-5-7-10(9)13(19)17(3)14-11/h4-7H,8H2,1-3H3,(H,15,18). The van der Waals surface area contributed by atoms with E-state index in [-0.39, 0.29) is 17.9 Å². The smallest absolute Gasteiger partial charge is 0.274 e. The Morgan fingerprint density at radius 2 is 1.95 bits per heavy atom. The number of aromatic nitrogens is 2. The van der Waals surface area contributed by atoms with Crippen LogP contribution in [-0.4, -0.2) is 34.8 Å². The lowest BCUT2D eigenvalue weighted by Crippen LogP contribution is -2.37. The molecule has 0 aliphatic heterocycles. The Labute approximate surface area is 110 Å². The summed E-state index contributed by atoms with van der Waals surface area (Å²) in [4.78, 5) is 23.7. The number of benzene rings is 1. The van der Waals surface area contributed by atoms with Crippen molar-refractivity contribution in [3.05, 3.63) is 40.3 Å². The van der Waals surface area contributed by atoms with Gasteiger partial charge < -0.3 is 0 Å². The number of carbonyl (C=O) groups excluding carboxylic acids is 1. The topological polar surface area (TPSA) is 67.2 Å². The third-order valence-electron chi connectivity index (χ3n) is 2.71. The van der Waals surface area contributed by atoms with Gasteiger partial charge in [-0.05, 0) is 6.07 Å². The Bertz CT molecular complexity index is 676. The lowest BCUT2D eigenvalue weighted by Gasteiger charge is -2.12. The zero-order chi connectivity index (χ0) is 14.0. The molecule has 1 amide bonds. The van der Waals surface area contributed by atoms with Crippen LogP contribution in [0.3, 0.4) is 0 Å². The van der Waals surface area contributed by atoms with E-state index in [2.05, 4.69) is 10.5 Å². The van der Waals surface area contributed by atoms with E-state index in [9.17, 15) is 9.59 Å². The van der Waals surface area contributed by atoms with Crippen molar-refractivity contribution < 1.29 is 4.79 Å². The molecule has 6 heteroatoms. The van der Waals surface area contributed by atoms with Crippen LogP contribution >= 0.6 is 0 Å². The molecule has 0 aliphatic rings. The Kier molecular flexibility index (Phi) is 3.62. The molecule has 19 heavy (non-hydrogen) atoms. The highest BCUT2D eigenvalue weighted by Crippen LogP contribution is 2.13. The first-order valence-corrected chi connectivity index (χ1v) is 5.91. The number of carbonyl (C=O) groups is 1. The van der Waals surface area contributed by atoms with Crippen LogP contribution < -0.4 is 11.0 Å². The van der Waals surface area contributed by atoms with Crippen molar-refractivity contribution >= 4 is 16.7 Å². The maximum absolute atomic E-state index is 11.9. The number of fused-ring (bicyclic) bond motifs is 1. The maximum atomic E-state index is 11.9. The van der Waals surface area contributed by atoms with Crippen LogP contribution in [0.25, 0.3) is 10.8 Å². The molecule has 6 nitrogen and oxygen atoms in total. The summed E-state index contributed by atoms with van der Waals surface area (Å²) in [6.45, 7) is 0. The van der Waals surface area contributed by atoms with E-state index in [1.807, 2.05) is 12.1 Å². The molecule has 0 radical (unpaired) electrons. The van der Waals surface area contributed by atoms with Crippen LogP contribution in [0.5, 0.6) is 0 Å². The summed E-state index contributed by atoms with van der Waals surface area (Å²) in [5.41, 5.74) is 3.09. The van der Waals surface area contributed by atoms with Gasteiger partial charge in [-0.25, -0.2) is 9.69 Å². The van der Waals surface area contributed by atoms with Crippen LogP contribution in [0.1, 0.15) is 5.69 Å². The van der Waals surface area contributed by atoms with Gasteiger partial charge in [0.25, 0.3) is 5.56 Å². The molecule has 1 heterocycles. The van der Waals surface area contributed by atoms with Crippen molar-refractivity contribution in [2.24, 2.45) is 7.05 Å². The molecular weight excluding hydrogens is 244 g/mol. The highest BCUT2D eigenvalue weighted by Gasteiger charge is 2.12. The first kappa shape index (κ1) is 13.2. The minimum Gasteiger partial charge on any atom is -0.289 e. The average Bonchev–Trinajstić information content (AvgIpc) is 2.34. The van der Waals surface area contributed by atoms with Crippen LogP contribution in [0.4, 0.5) is 0 Å². The first-order chi connectivity index (χ1) is 8.99. The normalized spacial score (nSPS) is 10.9. The number of hydrazine groups is 1. The number of rotatable bonds is 3. The summed E-state index contributed by atoms with van der Waals surface area (Å²) in [5, 5.41) is 7.05. The van der Waals surface area contributed by atoms with E-state index < -0.39 is 0 Å². The van der Waals surface area contributed by atoms with Gasteiger partial charge in [-0.2, -0.15) is 5.10 Å². The molecule has 0 bridgehead atoms. The van der Waals surface area contributed by atoms with Gasteiger partial charge >= 0.3 is 0 Å². The van der Waals surface area contributed by atoms with Gasteiger partial charge in [0, 0.05) is 26.5 Å². The second-order valence-electron chi connectivity index (χ2n) is 4.53. The van der Waals surface area contributed by atoms with Gasteiger partial charge in [0.15, 0.2) is 0 Å². The molecule has 2 rings (SSSR count). The number of hydrogen-bond donors (Lipinski definition) is 1. The summed E-state index contributed by atoms with van der Waals surface area (Å²) in [7, 11) is 5.07. The molecule has 0 saturated heterocycles.